The predicted molar refractivity (Wildman–Crippen MR) is 320 cm³/mol. The molecule has 4 saturated heterocycles. The third-order valence-electron chi connectivity index (χ3n) is 13.5. The fraction of sp³-hybridized carbons (Fsp3) is 0.377. The van der Waals surface area contributed by atoms with Crippen molar-refractivity contribution in [2.24, 2.45) is 0 Å². The summed E-state index contributed by atoms with van der Waals surface area (Å²) in [6, 6.07) is 23.1. The number of nitrogens with zero attached hydrogens (tertiary/aromatic N) is 9. The number of aromatic carboxylic acids is 1. The molecule has 3 aromatic carbocycles. The number of carbonyl (C=O) groups excluding carboxylic acids is 2. The molecule has 8 heterocycles. The Morgan fingerprint density at radius 2 is 1.20 bits per heavy atom. The lowest BCUT2D eigenvalue weighted by Crippen LogP contribution is -2.51. The third-order valence-corrected chi connectivity index (χ3v) is 16.1. The van der Waals surface area contributed by atoms with Gasteiger partial charge in [-0.25, -0.2) is 40.4 Å². The van der Waals surface area contributed by atoms with Crippen molar-refractivity contribution in [1.82, 2.24) is 44.3 Å². The smallest absolute Gasteiger partial charge is 0.478 e. The van der Waals surface area contributed by atoms with E-state index in [0.29, 0.717) is 49.0 Å². The number of sulfonamides is 2. The van der Waals surface area contributed by atoms with Crippen molar-refractivity contribution in [2.75, 3.05) is 66.1 Å². The highest BCUT2D eigenvalue weighted by Gasteiger charge is 2.49. The van der Waals surface area contributed by atoms with Crippen molar-refractivity contribution in [3.63, 3.8) is 0 Å². The van der Waals surface area contributed by atoms with E-state index in [1.807, 2.05) is 53.6 Å². The number of β-amino-alcohol motifs (C(OH)–C–C–N with tert-alkyl or cyclic N) is 2. The summed E-state index contributed by atoms with van der Waals surface area (Å²) in [6.07, 6.45) is 8.90. The molecule has 0 spiro atoms. The molecule has 11 rings (SSSR count). The molecule has 4 fully saturated rings. The number of hydrogen-bond acceptors (Lipinski definition) is 19. The normalized spacial score (nSPS) is 17.3. The van der Waals surface area contributed by atoms with Gasteiger partial charge in [-0.3, -0.25) is 19.1 Å². The number of alkyl halides is 3. The van der Waals surface area contributed by atoms with Gasteiger partial charge in [0.05, 0.1) is 70.7 Å². The largest absolute Gasteiger partial charge is 0.534 e. The first kappa shape index (κ1) is 68.2. The van der Waals surface area contributed by atoms with Crippen LogP contribution in [0.3, 0.4) is 0 Å². The number of aliphatic hydroxyl groups is 2. The number of nitrogens with one attached hydrogen (secondary N) is 3. The topological polar surface area (TPSA) is 339 Å². The van der Waals surface area contributed by atoms with Gasteiger partial charge in [-0.1, -0.05) is 53.5 Å². The Morgan fingerprint density at radius 1 is 0.693 bits per heavy atom. The van der Waals surface area contributed by atoms with Gasteiger partial charge in [0.15, 0.2) is 11.3 Å². The van der Waals surface area contributed by atoms with Gasteiger partial charge in [0.1, 0.15) is 12.4 Å². The maximum Gasteiger partial charge on any atom is 0.534 e. The first-order valence-electron chi connectivity index (χ1n) is 26.6. The molecule has 6 N–H and O–H groups in total. The van der Waals surface area contributed by atoms with Crippen LogP contribution < -0.4 is 23.8 Å². The number of halogens is 6. The molecular weight excluding hydrogens is 1290 g/mol. The van der Waals surface area contributed by atoms with Crippen LogP contribution in [0.4, 0.5) is 35.2 Å². The predicted octanol–water partition coefficient (Wildman–Crippen LogP) is 6.91. The fourth-order valence-electron chi connectivity index (χ4n) is 9.25. The van der Waals surface area contributed by atoms with Crippen molar-refractivity contribution in [3.8, 4) is 5.88 Å². The standard InChI is InChI=1S/C22H25ClN6O4S.C20H19F3N4O5S.C8H8ClNO4S.C3H7NO.ClH/c1-34(32,33)26-17-6-5-14(23)10-16(17)22(31)28-8-3-2-4-19(28)18-11-21-24-20(7-9-29(21)25-18)27-12-15(30)13-27;21-20(22,23)33(29,30)32-18-9-11-27-17(24-18)12-15(25-27)16-8-4-5-10-26(16)19(28)31-13-14-6-2-1-3-7-14;1-15(13,14)10-7-3-2-5(9)4-6(7)8(11)12;5-3-1-4-2-3;/h5-7,9-11,15,19,26,30H,2-4,8,12-13H2,1H3;1-3,6-7,9,11-12,16H,4-5,8,10,13H2;2-4,10H,1H3,(H,11,12);3-5H,1-2H2;1H/t19-;16-;;;/m00.../s1. The van der Waals surface area contributed by atoms with Crippen LogP contribution in [-0.4, -0.2) is 167 Å². The molecule has 0 radical (unpaired) electrons. The van der Waals surface area contributed by atoms with Gasteiger partial charge >= 0.3 is 27.7 Å². The zero-order valence-corrected chi connectivity index (χ0v) is 51.5. The van der Waals surface area contributed by atoms with E-state index < -0.39 is 59.7 Å². The number of anilines is 3. The van der Waals surface area contributed by atoms with Crippen LogP contribution in [0.2, 0.25) is 10.0 Å². The Morgan fingerprint density at radius 3 is 1.72 bits per heavy atom. The number of fused-ring (bicyclic) bond motifs is 2. The molecule has 2 atom stereocenters. The average Bonchev–Trinajstić information content (AvgIpc) is 1.68. The van der Waals surface area contributed by atoms with Crippen LogP contribution in [0.25, 0.3) is 11.3 Å². The molecule has 7 aromatic rings. The number of aromatic nitrogens is 6. The van der Waals surface area contributed by atoms with Crippen LogP contribution >= 0.6 is 35.6 Å². The first-order valence-corrected chi connectivity index (χ1v) is 32.6. The molecule has 476 valence electrons. The Labute approximate surface area is 519 Å². The summed E-state index contributed by atoms with van der Waals surface area (Å²) in [5, 5.41) is 39.3. The highest BCUT2D eigenvalue weighted by atomic mass is 35.5. The van der Waals surface area contributed by atoms with Crippen molar-refractivity contribution in [1.29, 1.82) is 0 Å². The number of rotatable bonds is 13. The van der Waals surface area contributed by atoms with Gasteiger partial charge in [-0.15, -0.1) is 12.4 Å². The molecule has 26 nitrogen and oxygen atoms in total. The average molecular weight is 1350 g/mol. The lowest BCUT2D eigenvalue weighted by molar-refractivity contribution is -0.0501. The molecular formula is C53H60Cl3F3N12O14S3. The number of carbonyl (C=O) groups is 3. The van der Waals surface area contributed by atoms with Crippen LogP contribution in [0.5, 0.6) is 5.88 Å². The minimum Gasteiger partial charge on any atom is -0.478 e. The number of aliphatic hydroxyl groups excluding tert-OH is 2. The van der Waals surface area contributed by atoms with Gasteiger partial charge in [0, 0.05) is 79.9 Å². The molecule has 2 amide bonds. The summed E-state index contributed by atoms with van der Waals surface area (Å²) in [7, 11) is -12.9. The quantitative estimate of drug-likeness (QED) is 0.0504. The monoisotopic (exact) mass is 1350 g/mol. The number of ether oxygens (including phenoxy) is 1. The molecule has 0 aliphatic carbocycles. The maximum atomic E-state index is 13.6. The highest BCUT2D eigenvalue weighted by molar-refractivity contribution is 7.92. The minimum atomic E-state index is -5.84. The van der Waals surface area contributed by atoms with Gasteiger partial charge in [-0.2, -0.15) is 36.8 Å². The second-order valence-electron chi connectivity index (χ2n) is 20.3. The number of hydrogen-bond donors (Lipinski definition) is 6. The number of carboxylic acids is 1. The van der Waals surface area contributed by atoms with E-state index in [1.165, 1.54) is 47.1 Å². The van der Waals surface area contributed by atoms with Gasteiger partial charge in [-0.05, 0) is 86.6 Å². The Kier molecular flexibility index (Phi) is 22.4. The van der Waals surface area contributed by atoms with E-state index >= 15 is 0 Å². The van der Waals surface area contributed by atoms with E-state index in [1.54, 1.807) is 20.4 Å². The number of piperidine rings is 2. The molecule has 35 heteroatoms. The molecule has 4 aliphatic rings. The number of amides is 2. The Hall–Kier alpha value is -7.30. The van der Waals surface area contributed by atoms with E-state index in [-0.39, 0.29) is 76.3 Å². The summed E-state index contributed by atoms with van der Waals surface area (Å²) in [5.74, 6) is -1.52. The van der Waals surface area contributed by atoms with Crippen LogP contribution in [-0.2, 0) is 41.5 Å². The van der Waals surface area contributed by atoms with E-state index in [9.17, 15) is 57.9 Å². The summed E-state index contributed by atoms with van der Waals surface area (Å²) < 4.78 is 123. The molecule has 0 unspecified atom stereocenters. The zero-order valence-electron chi connectivity index (χ0n) is 46.7. The fourth-order valence-corrected chi connectivity index (χ4v) is 11.2. The van der Waals surface area contributed by atoms with E-state index in [0.717, 1.165) is 80.8 Å². The lowest BCUT2D eigenvalue weighted by atomic mass is 9.98. The molecule has 0 bridgehead atoms. The van der Waals surface area contributed by atoms with Crippen LogP contribution in [0, 0.1) is 0 Å². The second-order valence-corrected chi connectivity index (χ2v) is 26.2. The molecule has 88 heavy (non-hydrogen) atoms. The van der Waals surface area contributed by atoms with E-state index in [2.05, 4.69) is 39.1 Å². The molecule has 4 aromatic heterocycles. The lowest BCUT2D eigenvalue weighted by Gasteiger charge is -2.36. The first-order chi connectivity index (χ1) is 41.0. The molecule has 0 saturated carbocycles. The van der Waals surface area contributed by atoms with Crippen LogP contribution in [0.1, 0.15) is 88.3 Å². The van der Waals surface area contributed by atoms with Crippen LogP contribution in [0.15, 0.2) is 103 Å². The maximum absolute atomic E-state index is 13.6. The highest BCUT2D eigenvalue weighted by Crippen LogP contribution is 2.36. The molecule has 4 aliphatic heterocycles. The van der Waals surface area contributed by atoms with Crippen molar-refractivity contribution in [2.45, 2.75) is 74.9 Å². The second kappa shape index (κ2) is 28.9. The summed E-state index contributed by atoms with van der Waals surface area (Å²) in [4.78, 5) is 50.9. The zero-order chi connectivity index (χ0) is 63.0. The number of likely N-dealkylation sites (tertiary alicyclic amines) is 2. The summed E-state index contributed by atoms with van der Waals surface area (Å²) >= 11 is 11.7. The number of benzene rings is 3. The Balaban J connectivity index is 0.000000191. The minimum absolute atomic E-state index is 0. The summed E-state index contributed by atoms with van der Waals surface area (Å²) in [6.45, 7) is 3.78. The van der Waals surface area contributed by atoms with Crippen molar-refractivity contribution >= 4 is 112 Å². The van der Waals surface area contributed by atoms with Crippen molar-refractivity contribution in [3.05, 3.63) is 142 Å². The SMILES string of the molecule is CS(=O)(=O)Nc1ccc(Cl)cc1C(=O)N1CCCC[C@H]1c1cc2nc(N3CC(O)C3)ccn2n1.CS(=O)(=O)Nc1ccc(Cl)cc1C(=O)O.Cl.O=C(OCc1ccccc1)N1CCCC[C@H]1c1cc2nc(OS(=O)(=O)C(F)(F)F)ccn2n1.OC1CNC1. The summed E-state index contributed by atoms with van der Waals surface area (Å²) in [5.41, 5.74) is -2.62. The van der Waals surface area contributed by atoms with Gasteiger partial charge in [0.2, 0.25) is 25.9 Å². The van der Waals surface area contributed by atoms with Gasteiger partial charge in [0.25, 0.3) is 5.91 Å². The van der Waals surface area contributed by atoms with Gasteiger partial charge < -0.3 is 39.4 Å². The van der Waals surface area contributed by atoms with Crippen molar-refractivity contribution < 1.29 is 77.0 Å². The third kappa shape index (κ3) is 18.2. The Bertz CT molecular complexity index is 3980. The van der Waals surface area contributed by atoms with E-state index in [4.69, 9.17) is 38.2 Å². The number of carboxylic acid groups (broad SMARTS) is 1.